The molecule has 3 N–H and O–H groups in total. The highest BCUT2D eigenvalue weighted by molar-refractivity contribution is 9.10. The molecule has 1 aromatic carbocycles. The van der Waals surface area contributed by atoms with Gasteiger partial charge in [-0.1, -0.05) is 15.9 Å². The van der Waals surface area contributed by atoms with Crippen LogP contribution in [0.3, 0.4) is 0 Å². The maximum Gasteiger partial charge on any atom is 0.320 e. The molecule has 0 bridgehead atoms. The minimum atomic E-state index is -0.656. The first kappa shape index (κ1) is 15.5. The predicted molar refractivity (Wildman–Crippen MR) is 88.6 cm³/mol. The van der Waals surface area contributed by atoms with E-state index < -0.39 is 11.8 Å². The number of carbonyl (C=O) groups excluding carboxylic acids is 1. The second-order valence-corrected chi connectivity index (χ2v) is 6.06. The fourth-order valence-electron chi connectivity index (χ4n) is 2.47. The maximum atomic E-state index is 14.0. The Labute approximate surface area is 139 Å². The molecule has 2 aromatic rings. The molecule has 3 rings (SSSR count). The Morgan fingerprint density at radius 1 is 1.43 bits per heavy atom. The van der Waals surface area contributed by atoms with Gasteiger partial charge in [-0.25, -0.2) is 9.18 Å². The molecule has 0 saturated heterocycles. The van der Waals surface area contributed by atoms with E-state index in [2.05, 4.69) is 27.3 Å². The number of nitrogens with zero attached hydrogens (tertiary/aromatic N) is 2. The SMILES string of the molecule is Cc1c(Nc2ccc(Br)cc2F)[c]c2n(c1=O)CCN2C(N)=O. The molecule has 0 spiro atoms. The van der Waals surface area contributed by atoms with Gasteiger partial charge in [-0.05, 0) is 25.1 Å². The lowest BCUT2D eigenvalue weighted by atomic mass is 10.2. The quantitative estimate of drug-likeness (QED) is 0.840. The fraction of sp³-hybridized carbons (Fsp3) is 0.200. The molecular weight excluding hydrogens is 367 g/mol. The summed E-state index contributed by atoms with van der Waals surface area (Å²) in [5.41, 5.74) is 5.96. The summed E-state index contributed by atoms with van der Waals surface area (Å²) >= 11 is 3.19. The van der Waals surface area contributed by atoms with E-state index in [0.29, 0.717) is 28.8 Å². The van der Waals surface area contributed by atoms with Crippen LogP contribution in [0.25, 0.3) is 0 Å². The van der Waals surface area contributed by atoms with E-state index in [1.165, 1.54) is 15.5 Å². The number of carbonyl (C=O) groups is 1. The number of nitrogens with two attached hydrogens (primary N) is 1. The number of rotatable bonds is 2. The normalized spacial score (nSPS) is 13.1. The molecule has 119 valence electrons. The van der Waals surface area contributed by atoms with Crippen LogP contribution in [0.4, 0.5) is 26.4 Å². The van der Waals surface area contributed by atoms with Crippen LogP contribution >= 0.6 is 15.9 Å². The molecule has 1 radical (unpaired) electrons. The lowest BCUT2D eigenvalue weighted by Gasteiger charge is -2.16. The van der Waals surface area contributed by atoms with Crippen LogP contribution in [0.2, 0.25) is 0 Å². The number of nitrogens with one attached hydrogen (secondary N) is 1. The van der Waals surface area contributed by atoms with E-state index in [4.69, 9.17) is 5.73 Å². The summed E-state index contributed by atoms with van der Waals surface area (Å²) < 4.78 is 16.0. The Bertz CT molecular complexity index is 865. The second-order valence-electron chi connectivity index (χ2n) is 5.14. The Morgan fingerprint density at radius 2 is 2.17 bits per heavy atom. The average Bonchev–Trinajstić information content (AvgIpc) is 2.91. The number of urea groups is 1. The maximum absolute atomic E-state index is 14.0. The van der Waals surface area contributed by atoms with Gasteiger partial charge in [0.05, 0.1) is 17.4 Å². The fourth-order valence-corrected chi connectivity index (χ4v) is 2.80. The Balaban J connectivity index is 2.07. The summed E-state index contributed by atoms with van der Waals surface area (Å²) in [7, 11) is 0. The zero-order valence-corrected chi connectivity index (χ0v) is 13.8. The Hall–Kier alpha value is -2.35. The zero-order chi connectivity index (χ0) is 16.7. The number of primary amides is 1. The van der Waals surface area contributed by atoms with Crippen molar-refractivity contribution in [2.75, 3.05) is 16.8 Å². The smallest absolute Gasteiger partial charge is 0.320 e. The van der Waals surface area contributed by atoms with Crippen LogP contribution in [0.1, 0.15) is 5.56 Å². The van der Waals surface area contributed by atoms with E-state index >= 15 is 0 Å². The standard InChI is InChI=1S/C15H13BrFN4O2/c1-8-12(19-11-3-2-9(16)6-10(11)17)7-13-20(14(8)22)4-5-21(13)15(18)23/h2-3,6,19H,4-5H2,1H3,(H2,18,23). The van der Waals surface area contributed by atoms with Crippen molar-refractivity contribution in [1.29, 1.82) is 0 Å². The van der Waals surface area contributed by atoms with E-state index in [1.807, 2.05) is 0 Å². The number of amides is 2. The molecule has 0 aliphatic carbocycles. The number of anilines is 3. The van der Waals surface area contributed by atoms with Crippen LogP contribution in [0.5, 0.6) is 0 Å². The van der Waals surface area contributed by atoms with Gasteiger partial charge in [0, 0.05) is 23.1 Å². The van der Waals surface area contributed by atoms with Crippen molar-refractivity contribution >= 4 is 39.2 Å². The molecular formula is C15H13BrFN4O2. The first-order valence-corrected chi connectivity index (χ1v) is 7.63. The zero-order valence-electron chi connectivity index (χ0n) is 12.2. The third-order valence-corrected chi connectivity index (χ3v) is 4.19. The van der Waals surface area contributed by atoms with E-state index in [9.17, 15) is 14.0 Å². The van der Waals surface area contributed by atoms with Gasteiger partial charge >= 0.3 is 6.03 Å². The number of hydrogen-bond donors (Lipinski definition) is 2. The predicted octanol–water partition coefficient (Wildman–Crippen LogP) is 2.50. The highest BCUT2D eigenvalue weighted by Crippen LogP contribution is 2.28. The summed E-state index contributed by atoms with van der Waals surface area (Å²) in [6, 6.07) is 6.83. The molecule has 6 nitrogen and oxygen atoms in total. The monoisotopic (exact) mass is 379 g/mol. The van der Waals surface area contributed by atoms with Gasteiger partial charge in [-0.3, -0.25) is 14.3 Å². The number of pyridine rings is 1. The van der Waals surface area contributed by atoms with Crippen molar-refractivity contribution in [2.24, 2.45) is 5.73 Å². The highest BCUT2D eigenvalue weighted by Gasteiger charge is 2.26. The van der Waals surface area contributed by atoms with Crippen molar-refractivity contribution < 1.29 is 9.18 Å². The van der Waals surface area contributed by atoms with Gasteiger partial charge in [0.1, 0.15) is 11.6 Å². The number of hydrogen-bond acceptors (Lipinski definition) is 3. The lowest BCUT2D eigenvalue weighted by Crippen LogP contribution is -2.34. The summed E-state index contributed by atoms with van der Waals surface area (Å²) in [4.78, 5) is 25.1. The first-order valence-electron chi connectivity index (χ1n) is 6.84. The van der Waals surface area contributed by atoms with Crippen LogP contribution in [0, 0.1) is 18.8 Å². The highest BCUT2D eigenvalue weighted by atomic mass is 79.9. The summed E-state index contributed by atoms with van der Waals surface area (Å²) in [6.45, 7) is 2.30. The molecule has 1 aliphatic heterocycles. The summed E-state index contributed by atoms with van der Waals surface area (Å²) in [5, 5.41) is 2.85. The first-order chi connectivity index (χ1) is 10.9. The number of benzene rings is 1. The van der Waals surface area contributed by atoms with Crippen molar-refractivity contribution in [3.8, 4) is 0 Å². The number of fused-ring (bicyclic) bond motifs is 1. The molecule has 2 amide bonds. The van der Waals surface area contributed by atoms with Crippen molar-refractivity contribution in [1.82, 2.24) is 4.57 Å². The molecule has 0 fully saturated rings. The van der Waals surface area contributed by atoms with Gasteiger partial charge in [0.2, 0.25) is 0 Å². The Kier molecular flexibility index (Phi) is 3.85. The molecule has 0 unspecified atom stereocenters. The third kappa shape index (κ3) is 2.70. The minimum Gasteiger partial charge on any atom is -0.352 e. The summed E-state index contributed by atoms with van der Waals surface area (Å²) in [5.74, 6) is -0.187. The topological polar surface area (TPSA) is 80.4 Å². The van der Waals surface area contributed by atoms with Gasteiger partial charge in [0.25, 0.3) is 5.56 Å². The second kappa shape index (κ2) is 5.69. The molecule has 2 heterocycles. The van der Waals surface area contributed by atoms with Gasteiger partial charge in [-0.2, -0.15) is 0 Å². The van der Waals surface area contributed by atoms with E-state index in [-0.39, 0.29) is 17.1 Å². The molecule has 1 aliphatic rings. The largest absolute Gasteiger partial charge is 0.352 e. The van der Waals surface area contributed by atoms with Crippen molar-refractivity contribution in [2.45, 2.75) is 13.5 Å². The van der Waals surface area contributed by atoms with E-state index in [1.54, 1.807) is 19.1 Å². The molecule has 23 heavy (non-hydrogen) atoms. The van der Waals surface area contributed by atoms with Crippen molar-refractivity contribution in [3.63, 3.8) is 0 Å². The van der Waals surface area contributed by atoms with Gasteiger partial charge in [-0.15, -0.1) is 0 Å². The van der Waals surface area contributed by atoms with Gasteiger partial charge in [0.15, 0.2) is 0 Å². The molecule has 1 aromatic heterocycles. The van der Waals surface area contributed by atoms with Crippen LogP contribution in [-0.2, 0) is 6.54 Å². The van der Waals surface area contributed by atoms with Crippen LogP contribution in [0.15, 0.2) is 27.5 Å². The van der Waals surface area contributed by atoms with Crippen molar-refractivity contribution in [3.05, 3.63) is 50.5 Å². The number of aromatic nitrogens is 1. The van der Waals surface area contributed by atoms with Crippen LogP contribution < -0.4 is 21.5 Å². The molecule has 8 heteroatoms. The van der Waals surface area contributed by atoms with E-state index in [0.717, 1.165) is 0 Å². The third-order valence-electron chi connectivity index (χ3n) is 3.69. The van der Waals surface area contributed by atoms with Gasteiger partial charge < -0.3 is 11.1 Å². The molecule has 0 saturated carbocycles. The minimum absolute atomic E-state index is 0.209. The molecule has 0 atom stereocenters. The average molecular weight is 380 g/mol. The van der Waals surface area contributed by atoms with Crippen LogP contribution in [-0.4, -0.2) is 17.1 Å². The number of halogens is 2. The lowest BCUT2D eigenvalue weighted by molar-refractivity contribution is 0.254. The summed E-state index contributed by atoms with van der Waals surface area (Å²) in [6.07, 6.45) is 0. The Morgan fingerprint density at radius 3 is 2.83 bits per heavy atom.